The fourth-order valence-corrected chi connectivity index (χ4v) is 1.48. The van der Waals surface area contributed by atoms with Crippen LogP contribution in [0.15, 0.2) is 24.3 Å². The Labute approximate surface area is 98.8 Å². The van der Waals surface area contributed by atoms with Crippen molar-refractivity contribution >= 4 is 6.08 Å². The molecule has 0 fully saturated rings. The molecule has 1 aliphatic rings. The Kier molecular flexibility index (Phi) is 3.05. The van der Waals surface area contributed by atoms with Gasteiger partial charge in [-0.05, 0) is 23.6 Å². The Hall–Kier alpha value is -1.58. The van der Waals surface area contributed by atoms with Crippen molar-refractivity contribution in [1.82, 2.24) is 0 Å². The van der Waals surface area contributed by atoms with Crippen molar-refractivity contribution in [2.45, 2.75) is 26.6 Å². The highest BCUT2D eigenvalue weighted by molar-refractivity contribution is 5.56. The summed E-state index contributed by atoms with van der Waals surface area (Å²) in [6.07, 6.45) is 1.43. The van der Waals surface area contributed by atoms with E-state index in [1.807, 2.05) is 12.2 Å². The van der Waals surface area contributed by atoms with E-state index < -0.39 is 6.29 Å². The van der Waals surface area contributed by atoms with Crippen LogP contribution in [0.25, 0.3) is 6.08 Å². The monoisotopic (exact) mass is 240 g/mol. The van der Waals surface area contributed by atoms with Gasteiger partial charge in [0.1, 0.15) is 0 Å². The lowest BCUT2D eigenvalue weighted by Gasteiger charge is -2.04. The molecule has 92 valence electrons. The van der Waals surface area contributed by atoms with Gasteiger partial charge >= 0.3 is 6.29 Å². The molecule has 2 nitrogen and oxygen atoms in total. The van der Waals surface area contributed by atoms with E-state index in [1.54, 1.807) is 12.1 Å². The van der Waals surface area contributed by atoms with Crippen molar-refractivity contribution in [3.05, 3.63) is 29.8 Å². The fraction of sp³-hybridized carbons (Fsp3) is 0.385. The lowest BCUT2D eigenvalue weighted by Crippen LogP contribution is -2.25. The van der Waals surface area contributed by atoms with E-state index >= 15 is 0 Å². The highest BCUT2D eigenvalue weighted by atomic mass is 19.3. The van der Waals surface area contributed by atoms with Crippen LogP contribution in [0.5, 0.6) is 11.5 Å². The second kappa shape index (κ2) is 4.35. The number of hydrogen-bond acceptors (Lipinski definition) is 2. The second-order valence-electron chi connectivity index (χ2n) is 4.12. The molecule has 0 saturated carbocycles. The molecule has 0 spiro atoms. The zero-order valence-electron chi connectivity index (χ0n) is 9.74. The highest BCUT2D eigenvalue weighted by Gasteiger charge is 2.43. The maximum Gasteiger partial charge on any atom is 0.586 e. The smallest absolute Gasteiger partial charge is 0.395 e. The van der Waals surface area contributed by atoms with E-state index in [9.17, 15) is 8.78 Å². The summed E-state index contributed by atoms with van der Waals surface area (Å²) in [4.78, 5) is 0. The van der Waals surface area contributed by atoms with Gasteiger partial charge in [0.2, 0.25) is 0 Å². The number of hydrogen-bond donors (Lipinski definition) is 0. The molecule has 0 aliphatic carbocycles. The minimum Gasteiger partial charge on any atom is -0.395 e. The molecular formula is C13H14F2O2. The molecule has 4 heteroatoms. The van der Waals surface area contributed by atoms with E-state index in [1.165, 1.54) is 6.07 Å². The van der Waals surface area contributed by atoms with Crippen molar-refractivity contribution < 1.29 is 18.3 Å². The van der Waals surface area contributed by atoms with Gasteiger partial charge < -0.3 is 9.47 Å². The second-order valence-corrected chi connectivity index (χ2v) is 4.12. The quantitative estimate of drug-likeness (QED) is 0.793. The summed E-state index contributed by atoms with van der Waals surface area (Å²) in [5.74, 6) is 0.624. The molecule has 0 amide bonds. The SMILES string of the molecule is CCC(C)/C=C/c1ccc2c(c1)OC(F)(F)O2. The Morgan fingerprint density at radius 2 is 2.00 bits per heavy atom. The van der Waals surface area contributed by atoms with E-state index in [0.29, 0.717) is 5.92 Å². The van der Waals surface area contributed by atoms with Crippen molar-refractivity contribution in [2.24, 2.45) is 5.92 Å². The van der Waals surface area contributed by atoms with E-state index in [0.717, 1.165) is 12.0 Å². The van der Waals surface area contributed by atoms with Gasteiger partial charge in [0.25, 0.3) is 0 Å². The first-order valence-corrected chi connectivity index (χ1v) is 5.58. The maximum absolute atomic E-state index is 12.8. The minimum atomic E-state index is -3.54. The Bertz CT molecular complexity index is 441. The molecule has 1 aliphatic heterocycles. The lowest BCUT2D eigenvalue weighted by atomic mass is 10.1. The molecular weight excluding hydrogens is 226 g/mol. The topological polar surface area (TPSA) is 18.5 Å². The summed E-state index contributed by atoms with van der Waals surface area (Å²) >= 11 is 0. The predicted octanol–water partition coefficient (Wildman–Crippen LogP) is 4.07. The van der Waals surface area contributed by atoms with Gasteiger partial charge in [-0.1, -0.05) is 38.5 Å². The maximum atomic E-state index is 12.8. The average molecular weight is 240 g/mol. The van der Waals surface area contributed by atoms with Crippen LogP contribution in [0.1, 0.15) is 25.8 Å². The molecule has 1 aromatic rings. The van der Waals surface area contributed by atoms with Crippen LogP contribution in [0, 0.1) is 5.92 Å². The summed E-state index contributed by atoms with van der Waals surface area (Å²) in [5, 5.41) is 0. The van der Waals surface area contributed by atoms with Gasteiger partial charge in [-0.3, -0.25) is 0 Å². The molecule has 0 bridgehead atoms. The molecule has 2 rings (SSSR count). The summed E-state index contributed by atoms with van der Waals surface area (Å²) in [7, 11) is 0. The molecule has 17 heavy (non-hydrogen) atoms. The molecule has 1 aromatic carbocycles. The molecule has 0 radical (unpaired) electrons. The summed E-state index contributed by atoms with van der Waals surface area (Å²) in [6.45, 7) is 4.19. The number of benzene rings is 1. The normalized spacial score (nSPS) is 18.6. The Balaban J connectivity index is 2.17. The first-order valence-electron chi connectivity index (χ1n) is 5.58. The third kappa shape index (κ3) is 2.75. The molecule has 0 aromatic heterocycles. The summed E-state index contributed by atoms with van der Waals surface area (Å²) in [6, 6.07) is 4.77. The number of ether oxygens (including phenoxy) is 2. The number of halogens is 2. The van der Waals surface area contributed by atoms with Crippen LogP contribution in [0.3, 0.4) is 0 Å². The average Bonchev–Trinajstić information content (AvgIpc) is 2.58. The standard InChI is InChI=1S/C13H14F2O2/c1-3-9(2)4-5-10-6-7-11-12(8-10)17-13(14,15)16-11/h4-9H,3H2,1-2H3/b5-4+. The number of fused-ring (bicyclic) bond motifs is 1. The van der Waals surface area contributed by atoms with Crippen LogP contribution >= 0.6 is 0 Å². The zero-order valence-corrected chi connectivity index (χ0v) is 9.74. The summed E-state index contributed by atoms with van der Waals surface area (Å²) < 4.78 is 34.2. The van der Waals surface area contributed by atoms with E-state index in [2.05, 4.69) is 23.3 Å². The lowest BCUT2D eigenvalue weighted by molar-refractivity contribution is -0.286. The van der Waals surface area contributed by atoms with Gasteiger partial charge in [0.15, 0.2) is 11.5 Å². The minimum absolute atomic E-state index is 0.0793. The third-order valence-electron chi connectivity index (χ3n) is 2.69. The van der Waals surface area contributed by atoms with Crippen molar-refractivity contribution in [3.63, 3.8) is 0 Å². The van der Waals surface area contributed by atoms with Gasteiger partial charge in [-0.15, -0.1) is 8.78 Å². The van der Waals surface area contributed by atoms with E-state index in [4.69, 9.17) is 0 Å². The predicted molar refractivity (Wildman–Crippen MR) is 61.1 cm³/mol. The van der Waals surface area contributed by atoms with Crippen molar-refractivity contribution in [3.8, 4) is 11.5 Å². The third-order valence-corrected chi connectivity index (χ3v) is 2.69. The van der Waals surface area contributed by atoms with Crippen LogP contribution in [-0.4, -0.2) is 6.29 Å². The molecule has 1 heterocycles. The number of alkyl halides is 2. The van der Waals surface area contributed by atoms with Gasteiger partial charge in [-0.25, -0.2) is 0 Å². The number of allylic oxidation sites excluding steroid dienone is 1. The van der Waals surface area contributed by atoms with Crippen molar-refractivity contribution in [2.75, 3.05) is 0 Å². The van der Waals surface area contributed by atoms with Crippen LogP contribution in [0.4, 0.5) is 8.78 Å². The first kappa shape index (κ1) is 11.9. The summed E-state index contributed by atoms with van der Waals surface area (Å²) in [5.41, 5.74) is 0.824. The Morgan fingerprint density at radius 1 is 1.29 bits per heavy atom. The molecule has 0 saturated heterocycles. The van der Waals surface area contributed by atoms with Gasteiger partial charge in [0, 0.05) is 0 Å². The zero-order chi connectivity index (χ0) is 12.5. The highest BCUT2D eigenvalue weighted by Crippen LogP contribution is 2.41. The van der Waals surface area contributed by atoms with Crippen molar-refractivity contribution in [1.29, 1.82) is 0 Å². The van der Waals surface area contributed by atoms with Crippen LogP contribution in [-0.2, 0) is 0 Å². The van der Waals surface area contributed by atoms with E-state index in [-0.39, 0.29) is 11.5 Å². The largest absolute Gasteiger partial charge is 0.586 e. The Morgan fingerprint density at radius 3 is 2.71 bits per heavy atom. The molecule has 0 N–H and O–H groups in total. The molecule has 1 atom stereocenters. The van der Waals surface area contributed by atoms with Crippen LogP contribution < -0.4 is 9.47 Å². The van der Waals surface area contributed by atoms with Crippen LogP contribution in [0.2, 0.25) is 0 Å². The van der Waals surface area contributed by atoms with Gasteiger partial charge in [-0.2, -0.15) is 0 Å². The fourth-order valence-electron chi connectivity index (χ4n) is 1.48. The number of rotatable bonds is 3. The first-order chi connectivity index (χ1) is 8.00. The van der Waals surface area contributed by atoms with Gasteiger partial charge in [0.05, 0.1) is 0 Å². The molecule has 1 unspecified atom stereocenters.